The minimum absolute atomic E-state index is 0.309. The lowest BCUT2D eigenvalue weighted by Gasteiger charge is -2.36. The van der Waals surface area contributed by atoms with Gasteiger partial charge in [0.2, 0.25) is 0 Å². The lowest BCUT2D eigenvalue weighted by atomic mass is 9.69. The van der Waals surface area contributed by atoms with E-state index in [1.807, 2.05) is 0 Å². The summed E-state index contributed by atoms with van der Waals surface area (Å²) in [6.45, 7) is 13.0. The molecule has 1 unspecified atom stereocenters. The molecule has 0 aliphatic rings. The number of hydrogen-bond donors (Lipinski definition) is 0. The first-order chi connectivity index (χ1) is 7.90. The van der Waals surface area contributed by atoms with Gasteiger partial charge >= 0.3 is 0 Å². The molecule has 0 aromatic heterocycles. The summed E-state index contributed by atoms with van der Waals surface area (Å²) >= 11 is 0. The maximum Gasteiger partial charge on any atom is 0.141 e. The maximum atomic E-state index is 12.4. The highest BCUT2D eigenvalue weighted by Crippen LogP contribution is 2.37. The van der Waals surface area contributed by atoms with Gasteiger partial charge in [0.1, 0.15) is 5.78 Å². The van der Waals surface area contributed by atoms with E-state index < -0.39 is 0 Å². The summed E-state index contributed by atoms with van der Waals surface area (Å²) in [7, 11) is 1.68. The minimum Gasteiger partial charge on any atom is -0.384 e. The van der Waals surface area contributed by atoms with Crippen LogP contribution >= 0.6 is 0 Å². The van der Waals surface area contributed by atoms with Crippen molar-refractivity contribution in [1.29, 1.82) is 0 Å². The van der Waals surface area contributed by atoms with Gasteiger partial charge in [0.15, 0.2) is 0 Å². The molecule has 0 amide bonds. The van der Waals surface area contributed by atoms with Crippen molar-refractivity contribution >= 4 is 5.78 Å². The number of carbonyl (C=O) groups excluding carboxylic acids is 1. The molecular formula is C15H29O2. The van der Waals surface area contributed by atoms with Gasteiger partial charge in [-0.15, -0.1) is 0 Å². The highest BCUT2D eigenvalue weighted by molar-refractivity contribution is 5.85. The zero-order chi connectivity index (χ0) is 13.5. The van der Waals surface area contributed by atoms with Gasteiger partial charge in [-0.05, 0) is 31.1 Å². The molecule has 0 aromatic carbocycles. The van der Waals surface area contributed by atoms with Crippen molar-refractivity contribution < 1.29 is 9.53 Å². The van der Waals surface area contributed by atoms with Crippen LogP contribution in [-0.4, -0.2) is 19.5 Å². The lowest BCUT2D eigenvalue weighted by Crippen LogP contribution is -2.41. The molecular weight excluding hydrogens is 212 g/mol. The Balaban J connectivity index is 4.91. The summed E-state index contributed by atoms with van der Waals surface area (Å²) in [6, 6.07) is 0. The summed E-state index contributed by atoms with van der Waals surface area (Å²) in [6.07, 6.45) is 3.25. The predicted molar refractivity (Wildman–Crippen MR) is 72.8 cm³/mol. The van der Waals surface area contributed by atoms with Crippen LogP contribution in [0, 0.1) is 24.2 Å². The van der Waals surface area contributed by atoms with Crippen molar-refractivity contribution in [3.05, 3.63) is 6.92 Å². The molecule has 17 heavy (non-hydrogen) atoms. The van der Waals surface area contributed by atoms with E-state index in [2.05, 4.69) is 34.6 Å². The molecule has 0 spiro atoms. The van der Waals surface area contributed by atoms with E-state index in [1.165, 1.54) is 0 Å². The Labute approximate surface area is 107 Å². The van der Waals surface area contributed by atoms with Crippen molar-refractivity contribution in [3.63, 3.8) is 0 Å². The van der Waals surface area contributed by atoms with Gasteiger partial charge in [-0.2, -0.15) is 0 Å². The average Bonchev–Trinajstić information content (AvgIpc) is 2.23. The van der Waals surface area contributed by atoms with Crippen LogP contribution in [0.2, 0.25) is 0 Å². The Morgan fingerprint density at radius 2 is 1.88 bits per heavy atom. The molecule has 0 aliphatic heterocycles. The summed E-state index contributed by atoms with van der Waals surface area (Å²) in [5.74, 6) is 1.27. The van der Waals surface area contributed by atoms with Gasteiger partial charge in [-0.3, -0.25) is 4.79 Å². The van der Waals surface area contributed by atoms with Crippen molar-refractivity contribution in [2.75, 3.05) is 13.7 Å². The van der Waals surface area contributed by atoms with Gasteiger partial charge in [0, 0.05) is 13.5 Å². The van der Waals surface area contributed by atoms with E-state index in [1.54, 1.807) is 7.11 Å². The third-order valence-electron chi connectivity index (χ3n) is 3.63. The van der Waals surface area contributed by atoms with Crippen molar-refractivity contribution in [1.82, 2.24) is 0 Å². The zero-order valence-electron chi connectivity index (χ0n) is 12.2. The first-order valence-corrected chi connectivity index (χ1v) is 6.72. The van der Waals surface area contributed by atoms with Crippen molar-refractivity contribution in [3.8, 4) is 0 Å². The molecule has 0 aliphatic carbocycles. The van der Waals surface area contributed by atoms with Crippen LogP contribution in [0.1, 0.15) is 53.4 Å². The third kappa shape index (κ3) is 4.79. The fraction of sp³-hybridized carbons (Fsp3) is 0.867. The molecule has 101 valence electrons. The average molecular weight is 241 g/mol. The van der Waals surface area contributed by atoms with E-state index in [4.69, 9.17) is 4.74 Å². The Kier molecular flexibility index (Phi) is 7.69. The normalized spacial score (nSPS) is 15.3. The summed E-state index contributed by atoms with van der Waals surface area (Å²) in [5.41, 5.74) is -0.309. The number of ketones is 1. The van der Waals surface area contributed by atoms with Gasteiger partial charge < -0.3 is 4.74 Å². The van der Waals surface area contributed by atoms with Gasteiger partial charge in [0.05, 0.1) is 12.0 Å². The second-order valence-electron chi connectivity index (χ2n) is 5.70. The zero-order valence-corrected chi connectivity index (χ0v) is 12.2. The largest absolute Gasteiger partial charge is 0.384 e. The van der Waals surface area contributed by atoms with E-state index in [9.17, 15) is 4.79 Å². The molecule has 0 fully saturated rings. The quantitative estimate of drug-likeness (QED) is 0.612. The molecule has 2 nitrogen and oxygen atoms in total. The van der Waals surface area contributed by atoms with Crippen LogP contribution in [0.5, 0.6) is 0 Å². The van der Waals surface area contributed by atoms with Crippen LogP contribution in [0.15, 0.2) is 0 Å². The topological polar surface area (TPSA) is 26.3 Å². The summed E-state index contributed by atoms with van der Waals surface area (Å²) in [5, 5.41) is 0. The van der Waals surface area contributed by atoms with E-state index in [0.29, 0.717) is 37.1 Å². The number of Topliss-reactive ketones (excluding diaryl/α,β-unsaturated/α-hetero) is 1. The third-order valence-corrected chi connectivity index (χ3v) is 3.63. The highest BCUT2D eigenvalue weighted by atomic mass is 16.5. The first kappa shape index (κ1) is 16.6. The van der Waals surface area contributed by atoms with Crippen LogP contribution in [0.3, 0.4) is 0 Å². The SMILES string of the molecule is [CH2]CCC(=O)C(CCC(C)C)(COC)C(C)C. The number of ether oxygens (including phenoxy) is 1. The molecule has 0 aromatic rings. The Morgan fingerprint density at radius 1 is 1.29 bits per heavy atom. The lowest BCUT2D eigenvalue weighted by molar-refractivity contribution is -0.136. The Hall–Kier alpha value is -0.370. The molecule has 2 heteroatoms. The standard InChI is InChI=1S/C15H29O2/c1-7-8-14(16)15(11-17-6,13(4)5)10-9-12(2)3/h12-13H,1,7-11H2,2-6H3. The molecule has 1 radical (unpaired) electrons. The molecule has 0 N–H and O–H groups in total. The molecule has 0 saturated heterocycles. The van der Waals surface area contributed by atoms with Crippen molar-refractivity contribution in [2.24, 2.45) is 17.3 Å². The van der Waals surface area contributed by atoms with Crippen LogP contribution in [-0.2, 0) is 9.53 Å². The molecule has 0 bridgehead atoms. The fourth-order valence-electron chi connectivity index (χ4n) is 2.28. The van der Waals surface area contributed by atoms with E-state index in [0.717, 1.165) is 12.8 Å². The summed E-state index contributed by atoms with van der Waals surface area (Å²) in [4.78, 5) is 12.4. The predicted octanol–water partition coefficient (Wildman–Crippen LogP) is 3.89. The van der Waals surface area contributed by atoms with Crippen LogP contribution in [0.4, 0.5) is 0 Å². The first-order valence-electron chi connectivity index (χ1n) is 6.72. The number of methoxy groups -OCH3 is 1. The van der Waals surface area contributed by atoms with Gasteiger partial charge in [-0.25, -0.2) is 0 Å². The number of hydrogen-bond acceptors (Lipinski definition) is 2. The van der Waals surface area contributed by atoms with E-state index >= 15 is 0 Å². The number of rotatable bonds is 9. The van der Waals surface area contributed by atoms with Gasteiger partial charge in [0.25, 0.3) is 0 Å². The van der Waals surface area contributed by atoms with Crippen molar-refractivity contribution in [2.45, 2.75) is 53.4 Å². The second-order valence-corrected chi connectivity index (χ2v) is 5.70. The molecule has 0 rings (SSSR count). The summed E-state index contributed by atoms with van der Waals surface area (Å²) < 4.78 is 5.33. The maximum absolute atomic E-state index is 12.4. The Morgan fingerprint density at radius 3 is 2.24 bits per heavy atom. The monoisotopic (exact) mass is 241 g/mol. The Bertz CT molecular complexity index is 221. The molecule has 0 heterocycles. The smallest absolute Gasteiger partial charge is 0.141 e. The van der Waals surface area contributed by atoms with Crippen LogP contribution in [0.25, 0.3) is 0 Å². The molecule has 1 atom stereocenters. The fourth-order valence-corrected chi connectivity index (χ4v) is 2.28. The second kappa shape index (κ2) is 7.86. The highest BCUT2D eigenvalue weighted by Gasteiger charge is 2.40. The van der Waals surface area contributed by atoms with Crippen LogP contribution < -0.4 is 0 Å². The minimum atomic E-state index is -0.309. The van der Waals surface area contributed by atoms with Gasteiger partial charge in [-0.1, -0.05) is 34.6 Å². The van der Waals surface area contributed by atoms with E-state index in [-0.39, 0.29) is 5.41 Å². The molecule has 0 saturated carbocycles. The number of carbonyl (C=O) groups is 1.